The second-order valence-corrected chi connectivity index (χ2v) is 5.89. The van der Waals surface area contributed by atoms with Crippen LogP contribution in [-0.4, -0.2) is 34.3 Å². The minimum atomic E-state index is -0.628. The van der Waals surface area contributed by atoms with Gasteiger partial charge in [-0.15, -0.1) is 6.58 Å². The van der Waals surface area contributed by atoms with Gasteiger partial charge in [0.2, 0.25) is 11.8 Å². The summed E-state index contributed by atoms with van der Waals surface area (Å²) in [5, 5.41) is 3.00. The van der Waals surface area contributed by atoms with E-state index in [2.05, 4.69) is 11.9 Å². The predicted octanol–water partition coefficient (Wildman–Crippen LogP) is 2.00. The molecule has 1 N–H and O–H groups in total. The van der Waals surface area contributed by atoms with E-state index < -0.39 is 5.54 Å². The maximum atomic E-state index is 12.9. The van der Waals surface area contributed by atoms with Crippen LogP contribution in [0.3, 0.4) is 0 Å². The largest absolute Gasteiger partial charge is 0.340 e. The van der Waals surface area contributed by atoms with Gasteiger partial charge in [0.05, 0.1) is 0 Å². The summed E-state index contributed by atoms with van der Waals surface area (Å²) < 4.78 is 0. The lowest BCUT2D eigenvalue weighted by Gasteiger charge is -2.48. The van der Waals surface area contributed by atoms with Gasteiger partial charge in [0, 0.05) is 6.04 Å². The van der Waals surface area contributed by atoms with Crippen LogP contribution in [0.1, 0.15) is 52.4 Å². The summed E-state index contributed by atoms with van der Waals surface area (Å²) >= 11 is 0. The molecule has 0 aromatic carbocycles. The Labute approximate surface area is 115 Å². The number of nitrogens with zero attached hydrogens (tertiary/aromatic N) is 1. The van der Waals surface area contributed by atoms with E-state index in [1.54, 1.807) is 4.90 Å². The molecule has 4 heteroatoms. The van der Waals surface area contributed by atoms with E-state index in [1.165, 1.54) is 0 Å². The van der Waals surface area contributed by atoms with Gasteiger partial charge in [-0.2, -0.15) is 0 Å². The van der Waals surface area contributed by atoms with Crippen LogP contribution in [0.2, 0.25) is 0 Å². The van der Waals surface area contributed by atoms with Crippen molar-refractivity contribution in [1.82, 2.24) is 10.2 Å². The zero-order valence-electron chi connectivity index (χ0n) is 11.9. The normalized spacial score (nSPS) is 28.1. The van der Waals surface area contributed by atoms with Crippen molar-refractivity contribution in [1.29, 1.82) is 0 Å². The van der Waals surface area contributed by atoms with E-state index >= 15 is 0 Å². The molecule has 2 amide bonds. The molecule has 19 heavy (non-hydrogen) atoms. The van der Waals surface area contributed by atoms with Gasteiger partial charge in [-0.3, -0.25) is 9.59 Å². The third-order valence-corrected chi connectivity index (χ3v) is 4.49. The molecule has 2 aliphatic rings. The molecule has 1 aliphatic carbocycles. The fourth-order valence-corrected chi connectivity index (χ4v) is 3.37. The van der Waals surface area contributed by atoms with Crippen molar-refractivity contribution in [2.45, 2.75) is 70.0 Å². The maximum absolute atomic E-state index is 12.9. The number of hydrogen-bond donors (Lipinski definition) is 1. The van der Waals surface area contributed by atoms with Crippen molar-refractivity contribution in [2.75, 3.05) is 0 Å². The quantitative estimate of drug-likeness (QED) is 0.793. The maximum Gasteiger partial charge on any atom is 0.249 e. The third-order valence-electron chi connectivity index (χ3n) is 4.49. The first kappa shape index (κ1) is 14.1. The van der Waals surface area contributed by atoms with Gasteiger partial charge in [-0.25, -0.2) is 0 Å². The number of amides is 2. The molecule has 2 unspecified atom stereocenters. The molecule has 1 saturated heterocycles. The number of carbonyl (C=O) groups is 2. The van der Waals surface area contributed by atoms with Crippen molar-refractivity contribution in [3.8, 4) is 0 Å². The zero-order valence-corrected chi connectivity index (χ0v) is 11.9. The van der Waals surface area contributed by atoms with Crippen molar-refractivity contribution < 1.29 is 9.59 Å². The molecule has 0 aromatic rings. The number of rotatable bonds is 3. The van der Waals surface area contributed by atoms with E-state index in [4.69, 9.17) is 0 Å². The molecule has 0 aromatic heterocycles. The number of hydrogen-bond acceptors (Lipinski definition) is 2. The Kier molecular flexibility index (Phi) is 3.97. The average Bonchev–Trinajstić information content (AvgIpc) is 2.38. The van der Waals surface area contributed by atoms with Crippen LogP contribution in [0.5, 0.6) is 0 Å². The Hall–Kier alpha value is -1.32. The minimum absolute atomic E-state index is 0.0163. The SMILES string of the molecule is C=CCC(C)N1C(=O)C2(CCCCC2)NC(=O)C1C. The first-order chi connectivity index (χ1) is 9.02. The first-order valence-corrected chi connectivity index (χ1v) is 7.27. The van der Waals surface area contributed by atoms with E-state index in [-0.39, 0.29) is 23.9 Å². The highest BCUT2D eigenvalue weighted by Gasteiger charge is 2.50. The Bertz CT molecular complexity index is 386. The summed E-state index contributed by atoms with van der Waals surface area (Å²) in [6.07, 6.45) is 7.28. The lowest BCUT2D eigenvalue weighted by molar-refractivity contribution is -0.158. The molecule has 1 saturated carbocycles. The standard InChI is InChI=1S/C15H24N2O2/c1-4-8-11(2)17-12(3)13(18)16-15(14(17)19)9-6-5-7-10-15/h4,11-12H,1,5-10H2,2-3H3,(H,16,18). The summed E-state index contributed by atoms with van der Waals surface area (Å²) in [7, 11) is 0. The summed E-state index contributed by atoms with van der Waals surface area (Å²) in [5.74, 6) is 0.0889. The molecule has 1 spiro atoms. The van der Waals surface area contributed by atoms with E-state index in [1.807, 2.05) is 19.9 Å². The number of piperazine rings is 1. The van der Waals surface area contributed by atoms with Crippen LogP contribution < -0.4 is 5.32 Å². The lowest BCUT2D eigenvalue weighted by Crippen LogP contribution is -2.71. The molecule has 0 radical (unpaired) electrons. The van der Waals surface area contributed by atoms with E-state index in [0.717, 1.165) is 38.5 Å². The molecule has 2 rings (SSSR count). The van der Waals surface area contributed by atoms with Crippen LogP contribution in [0.15, 0.2) is 12.7 Å². The second kappa shape index (κ2) is 5.35. The number of carbonyl (C=O) groups excluding carboxylic acids is 2. The smallest absolute Gasteiger partial charge is 0.249 e. The first-order valence-electron chi connectivity index (χ1n) is 7.27. The Morgan fingerprint density at radius 3 is 2.63 bits per heavy atom. The Morgan fingerprint density at radius 1 is 1.42 bits per heavy atom. The third kappa shape index (κ3) is 2.40. The van der Waals surface area contributed by atoms with Crippen LogP contribution >= 0.6 is 0 Å². The molecule has 2 fully saturated rings. The van der Waals surface area contributed by atoms with E-state index in [9.17, 15) is 9.59 Å². The molecular weight excluding hydrogens is 240 g/mol. The van der Waals surface area contributed by atoms with E-state index in [0.29, 0.717) is 0 Å². The Balaban J connectivity index is 2.27. The van der Waals surface area contributed by atoms with Crippen LogP contribution in [-0.2, 0) is 9.59 Å². The molecule has 2 atom stereocenters. The minimum Gasteiger partial charge on any atom is -0.340 e. The highest BCUT2D eigenvalue weighted by atomic mass is 16.2. The summed E-state index contributed by atoms with van der Waals surface area (Å²) in [4.78, 5) is 26.8. The molecule has 106 valence electrons. The highest BCUT2D eigenvalue weighted by molar-refractivity contribution is 5.99. The van der Waals surface area contributed by atoms with Gasteiger partial charge in [-0.1, -0.05) is 25.3 Å². The fraction of sp³-hybridized carbons (Fsp3) is 0.733. The number of nitrogens with one attached hydrogen (secondary N) is 1. The predicted molar refractivity (Wildman–Crippen MR) is 74.5 cm³/mol. The molecule has 0 bridgehead atoms. The van der Waals surface area contributed by atoms with Crippen LogP contribution in [0.4, 0.5) is 0 Å². The van der Waals surface area contributed by atoms with Crippen LogP contribution in [0, 0.1) is 0 Å². The van der Waals surface area contributed by atoms with Crippen molar-refractivity contribution in [3.63, 3.8) is 0 Å². The monoisotopic (exact) mass is 264 g/mol. The topological polar surface area (TPSA) is 49.4 Å². The van der Waals surface area contributed by atoms with Crippen molar-refractivity contribution >= 4 is 11.8 Å². The van der Waals surface area contributed by atoms with Gasteiger partial charge >= 0.3 is 0 Å². The van der Waals surface area contributed by atoms with Gasteiger partial charge in [0.25, 0.3) is 0 Å². The fourth-order valence-electron chi connectivity index (χ4n) is 3.37. The van der Waals surface area contributed by atoms with Crippen molar-refractivity contribution in [3.05, 3.63) is 12.7 Å². The van der Waals surface area contributed by atoms with Gasteiger partial charge in [0.15, 0.2) is 0 Å². The Morgan fingerprint density at radius 2 is 2.05 bits per heavy atom. The lowest BCUT2D eigenvalue weighted by atomic mass is 9.78. The second-order valence-electron chi connectivity index (χ2n) is 5.89. The molecule has 1 heterocycles. The average molecular weight is 264 g/mol. The van der Waals surface area contributed by atoms with Crippen LogP contribution in [0.25, 0.3) is 0 Å². The highest BCUT2D eigenvalue weighted by Crippen LogP contribution is 2.34. The van der Waals surface area contributed by atoms with Gasteiger partial charge in [0.1, 0.15) is 11.6 Å². The summed E-state index contributed by atoms with van der Waals surface area (Å²) in [6, 6.07) is -0.347. The summed E-state index contributed by atoms with van der Waals surface area (Å²) in [5.41, 5.74) is -0.628. The zero-order chi connectivity index (χ0) is 14.0. The molecule has 1 aliphatic heterocycles. The molecule has 4 nitrogen and oxygen atoms in total. The van der Waals surface area contributed by atoms with Gasteiger partial charge < -0.3 is 10.2 Å². The van der Waals surface area contributed by atoms with Gasteiger partial charge in [-0.05, 0) is 33.1 Å². The summed E-state index contributed by atoms with van der Waals surface area (Å²) in [6.45, 7) is 7.53. The van der Waals surface area contributed by atoms with Crippen molar-refractivity contribution in [2.24, 2.45) is 0 Å². The molecular formula is C15H24N2O2.